The highest BCUT2D eigenvalue weighted by atomic mass is 16.4. The Hall–Kier alpha value is -5.88. The van der Waals surface area contributed by atoms with Gasteiger partial charge in [-0.2, -0.15) is 0 Å². The van der Waals surface area contributed by atoms with Crippen molar-refractivity contribution in [1.29, 1.82) is 0 Å². The summed E-state index contributed by atoms with van der Waals surface area (Å²) >= 11 is 0. The van der Waals surface area contributed by atoms with E-state index in [-0.39, 0.29) is 19.3 Å². The van der Waals surface area contributed by atoms with E-state index < -0.39 is 47.9 Å². The first-order valence-electron chi connectivity index (χ1n) is 15.7. The SMILES string of the molecule is CC(N)C(=O)NC(Cc1c[nH]c2ccccc12)C(=O)NC(Cc1c[nH]c2ccccc12)C(=O)NC(Cc1c[nH]c2ccccc12)C(=O)O. The van der Waals surface area contributed by atoms with E-state index in [1.165, 1.54) is 6.92 Å². The molecule has 6 rings (SSSR count). The molecule has 0 saturated carbocycles. The lowest BCUT2D eigenvalue weighted by Crippen LogP contribution is -2.58. The highest BCUT2D eigenvalue weighted by Gasteiger charge is 2.31. The van der Waals surface area contributed by atoms with E-state index in [9.17, 15) is 24.3 Å². The fourth-order valence-electron chi connectivity index (χ4n) is 6.03. The van der Waals surface area contributed by atoms with E-state index in [1.807, 2.05) is 72.8 Å². The van der Waals surface area contributed by atoms with Crippen LogP contribution in [0.3, 0.4) is 0 Å². The van der Waals surface area contributed by atoms with Crippen molar-refractivity contribution in [3.05, 3.63) is 108 Å². The summed E-state index contributed by atoms with van der Waals surface area (Å²) in [7, 11) is 0. The molecular formula is C36H37N7O5. The van der Waals surface area contributed by atoms with Crippen LogP contribution < -0.4 is 21.7 Å². The summed E-state index contributed by atoms with van der Waals surface area (Å²) in [5, 5.41) is 21.0. The fourth-order valence-corrected chi connectivity index (χ4v) is 6.03. The van der Waals surface area contributed by atoms with Gasteiger partial charge in [-0.3, -0.25) is 14.4 Å². The number of carbonyl (C=O) groups excluding carboxylic acids is 3. The van der Waals surface area contributed by atoms with E-state index in [0.717, 1.165) is 49.4 Å². The summed E-state index contributed by atoms with van der Waals surface area (Å²) in [6, 6.07) is 18.2. The lowest BCUT2D eigenvalue weighted by molar-refractivity contribution is -0.142. The number of hydrogen-bond donors (Lipinski definition) is 8. The second-order valence-corrected chi connectivity index (χ2v) is 12.0. The zero-order valence-electron chi connectivity index (χ0n) is 26.2. The lowest BCUT2D eigenvalue weighted by Gasteiger charge is -2.25. The molecule has 0 radical (unpaired) electrons. The normalized spacial score (nSPS) is 14.0. The maximum absolute atomic E-state index is 14.0. The number of benzene rings is 3. The largest absolute Gasteiger partial charge is 0.480 e. The molecule has 3 aromatic heterocycles. The molecular weight excluding hydrogens is 610 g/mol. The average Bonchev–Trinajstić information content (AvgIpc) is 3.81. The monoisotopic (exact) mass is 647 g/mol. The average molecular weight is 648 g/mol. The fraction of sp³-hybridized carbons (Fsp3) is 0.222. The third-order valence-corrected chi connectivity index (χ3v) is 8.59. The molecule has 12 heteroatoms. The summed E-state index contributed by atoms with van der Waals surface area (Å²) in [6.07, 6.45) is 5.47. The van der Waals surface area contributed by atoms with Crippen molar-refractivity contribution in [2.75, 3.05) is 0 Å². The number of carboxylic acid groups (broad SMARTS) is 1. The minimum atomic E-state index is -1.28. The van der Waals surface area contributed by atoms with E-state index in [2.05, 4.69) is 30.9 Å². The number of fused-ring (bicyclic) bond motifs is 3. The number of rotatable bonds is 13. The van der Waals surface area contributed by atoms with Crippen molar-refractivity contribution in [1.82, 2.24) is 30.9 Å². The Morgan fingerprint density at radius 3 is 1.29 bits per heavy atom. The van der Waals surface area contributed by atoms with Crippen LogP contribution in [-0.4, -0.2) is 67.9 Å². The van der Waals surface area contributed by atoms with Gasteiger partial charge in [-0.15, -0.1) is 0 Å². The number of aromatic nitrogens is 3. The minimum Gasteiger partial charge on any atom is -0.480 e. The number of nitrogens with one attached hydrogen (secondary N) is 6. The third kappa shape index (κ3) is 6.93. The Balaban J connectivity index is 1.28. The molecule has 0 saturated heterocycles. The van der Waals surface area contributed by atoms with Crippen LogP contribution in [0, 0.1) is 0 Å². The molecule has 0 bridgehead atoms. The number of para-hydroxylation sites is 3. The first kappa shape index (κ1) is 32.1. The number of aromatic amines is 3. The topological polar surface area (TPSA) is 198 Å². The number of amides is 3. The number of H-pyrrole nitrogens is 3. The number of aliphatic carboxylic acids is 1. The standard InChI is InChI=1S/C36H37N7O5/c1-20(37)33(44)41-30(14-21-17-38-27-11-5-2-8-24(21)27)34(45)42-31(15-22-18-39-28-12-6-3-9-25(22)28)35(46)43-32(36(47)48)16-23-19-40-29-13-7-4-10-26(23)29/h2-13,17-20,30-32,38-40H,14-16,37H2,1H3,(H,41,44)(H,42,45)(H,43,46)(H,47,48). The van der Waals surface area contributed by atoms with Crippen molar-refractivity contribution in [3.8, 4) is 0 Å². The van der Waals surface area contributed by atoms with Crippen LogP contribution in [-0.2, 0) is 38.4 Å². The van der Waals surface area contributed by atoms with Crippen LogP contribution >= 0.6 is 0 Å². The molecule has 3 amide bonds. The Bertz CT molecular complexity index is 2110. The highest BCUT2D eigenvalue weighted by Crippen LogP contribution is 2.22. The number of carbonyl (C=O) groups is 4. The summed E-state index contributed by atoms with van der Waals surface area (Å²) in [4.78, 5) is 62.7. The van der Waals surface area contributed by atoms with Gasteiger partial charge in [-0.1, -0.05) is 54.6 Å². The van der Waals surface area contributed by atoms with Gasteiger partial charge in [0, 0.05) is 70.6 Å². The van der Waals surface area contributed by atoms with E-state index in [4.69, 9.17) is 5.73 Å². The molecule has 12 nitrogen and oxygen atoms in total. The predicted molar refractivity (Wildman–Crippen MR) is 183 cm³/mol. The van der Waals surface area contributed by atoms with Gasteiger partial charge >= 0.3 is 5.97 Å². The van der Waals surface area contributed by atoms with Gasteiger partial charge in [0.1, 0.15) is 18.1 Å². The third-order valence-electron chi connectivity index (χ3n) is 8.59. The van der Waals surface area contributed by atoms with Crippen molar-refractivity contribution >= 4 is 56.4 Å². The van der Waals surface area contributed by atoms with Gasteiger partial charge in [-0.05, 0) is 41.8 Å². The molecule has 0 aliphatic rings. The zero-order valence-corrected chi connectivity index (χ0v) is 26.2. The van der Waals surface area contributed by atoms with Crippen LogP contribution in [0.15, 0.2) is 91.4 Å². The van der Waals surface area contributed by atoms with E-state index >= 15 is 0 Å². The molecule has 0 spiro atoms. The van der Waals surface area contributed by atoms with Crippen LogP contribution in [0.2, 0.25) is 0 Å². The first-order valence-corrected chi connectivity index (χ1v) is 15.7. The van der Waals surface area contributed by atoms with Crippen LogP contribution in [0.4, 0.5) is 0 Å². The number of carboxylic acids is 1. The Morgan fingerprint density at radius 2 is 0.917 bits per heavy atom. The van der Waals surface area contributed by atoms with Crippen molar-refractivity contribution in [2.24, 2.45) is 5.73 Å². The molecule has 0 aliphatic heterocycles. The van der Waals surface area contributed by atoms with E-state index in [0.29, 0.717) is 0 Å². The maximum Gasteiger partial charge on any atom is 0.326 e. The quantitative estimate of drug-likeness (QED) is 0.0948. The van der Waals surface area contributed by atoms with Gasteiger partial charge in [0.2, 0.25) is 17.7 Å². The molecule has 4 atom stereocenters. The van der Waals surface area contributed by atoms with Crippen molar-refractivity contribution < 1.29 is 24.3 Å². The lowest BCUT2D eigenvalue weighted by atomic mass is 10.0. The molecule has 48 heavy (non-hydrogen) atoms. The molecule has 246 valence electrons. The van der Waals surface area contributed by atoms with Gasteiger partial charge in [0.25, 0.3) is 0 Å². The molecule has 3 aromatic carbocycles. The van der Waals surface area contributed by atoms with Gasteiger partial charge in [-0.25, -0.2) is 4.79 Å². The maximum atomic E-state index is 14.0. The highest BCUT2D eigenvalue weighted by molar-refractivity contribution is 5.96. The second-order valence-electron chi connectivity index (χ2n) is 12.0. The molecule has 0 aliphatic carbocycles. The molecule has 9 N–H and O–H groups in total. The van der Waals surface area contributed by atoms with Crippen molar-refractivity contribution in [3.63, 3.8) is 0 Å². The first-order chi connectivity index (χ1) is 23.2. The van der Waals surface area contributed by atoms with Crippen LogP contribution in [0.5, 0.6) is 0 Å². The number of nitrogens with two attached hydrogens (primary N) is 1. The summed E-state index contributed by atoms with van der Waals surface area (Å²) in [5.41, 5.74) is 10.7. The van der Waals surface area contributed by atoms with E-state index in [1.54, 1.807) is 18.6 Å². The summed E-state index contributed by atoms with van der Waals surface area (Å²) in [6.45, 7) is 1.52. The Morgan fingerprint density at radius 1 is 0.583 bits per heavy atom. The second kappa shape index (κ2) is 13.9. The molecule has 0 fully saturated rings. The minimum absolute atomic E-state index is 0.0203. The van der Waals surface area contributed by atoms with Crippen LogP contribution in [0.1, 0.15) is 23.6 Å². The van der Waals surface area contributed by atoms with Gasteiger partial charge < -0.3 is 41.7 Å². The Kier molecular flexibility index (Phi) is 9.26. The molecule has 4 unspecified atom stereocenters. The summed E-state index contributed by atoms with van der Waals surface area (Å²) < 4.78 is 0. The molecule has 3 heterocycles. The summed E-state index contributed by atoms with van der Waals surface area (Å²) in [5.74, 6) is -3.03. The Labute approximate surface area is 275 Å². The smallest absolute Gasteiger partial charge is 0.326 e. The zero-order chi connectivity index (χ0) is 33.8. The number of hydrogen-bond acceptors (Lipinski definition) is 5. The van der Waals surface area contributed by atoms with Crippen LogP contribution in [0.25, 0.3) is 32.7 Å². The molecule has 6 aromatic rings. The van der Waals surface area contributed by atoms with Crippen molar-refractivity contribution in [2.45, 2.75) is 50.4 Å². The predicted octanol–water partition coefficient (Wildman–Crippen LogP) is 3.04. The van der Waals surface area contributed by atoms with Gasteiger partial charge in [0.05, 0.1) is 6.04 Å². The van der Waals surface area contributed by atoms with Gasteiger partial charge in [0.15, 0.2) is 0 Å².